The molecule has 1 aliphatic rings. The second kappa shape index (κ2) is 7.88. The maximum Gasteiger partial charge on any atom is 0.138 e. The second-order valence-corrected chi connectivity index (χ2v) is 8.73. The van der Waals surface area contributed by atoms with Gasteiger partial charge in [-0.3, -0.25) is 14.6 Å². The molecule has 0 saturated carbocycles. The first-order valence-corrected chi connectivity index (χ1v) is 11.3. The Labute approximate surface area is 186 Å². The van der Waals surface area contributed by atoms with Crippen molar-refractivity contribution in [2.24, 2.45) is 7.05 Å². The molecule has 1 N–H and O–H groups in total. The van der Waals surface area contributed by atoms with E-state index >= 15 is 0 Å². The van der Waals surface area contributed by atoms with Crippen LogP contribution in [-0.4, -0.2) is 42.7 Å². The first kappa shape index (κ1) is 19.2. The molecule has 0 amide bonds. The number of likely N-dealkylation sites (tertiary alicyclic amines) is 1. The summed E-state index contributed by atoms with van der Waals surface area (Å²) in [6, 6.07) is 15.3. The fraction of sp³-hybridized carbons (Fsp3) is 0.269. The highest BCUT2D eigenvalue weighted by molar-refractivity contribution is 6.07. The molecule has 1 fully saturated rings. The molecule has 0 spiro atoms. The van der Waals surface area contributed by atoms with Crippen molar-refractivity contribution in [3.05, 3.63) is 66.6 Å². The van der Waals surface area contributed by atoms with Crippen LogP contribution in [0.1, 0.15) is 24.8 Å². The summed E-state index contributed by atoms with van der Waals surface area (Å²) >= 11 is 0. The summed E-state index contributed by atoms with van der Waals surface area (Å²) in [5.41, 5.74) is 7.48. The summed E-state index contributed by atoms with van der Waals surface area (Å²) in [6.07, 6.45) is 9.66. The van der Waals surface area contributed by atoms with Gasteiger partial charge in [-0.25, -0.2) is 4.98 Å². The standard InChI is InChI=1S/C26H26N6/c1-31-25(9-10-29-31)23-14-21-22-13-20(15-28-26(22)30-24(21)16-27-23)19-7-5-18(6-8-19)17-32-11-3-2-4-12-32/h5-10,13-16H,2-4,11-12,17H2,1H3,(H,28,30). The number of nitrogens with zero attached hydrogens (tertiary/aromatic N) is 5. The van der Waals surface area contributed by atoms with Gasteiger partial charge in [0.05, 0.1) is 23.1 Å². The number of fused-ring (bicyclic) bond motifs is 3. The highest BCUT2D eigenvalue weighted by Gasteiger charge is 2.13. The van der Waals surface area contributed by atoms with Crippen LogP contribution in [-0.2, 0) is 13.6 Å². The molecular formula is C26H26N6. The Morgan fingerprint density at radius 1 is 0.875 bits per heavy atom. The van der Waals surface area contributed by atoms with Crippen LogP contribution >= 0.6 is 0 Å². The monoisotopic (exact) mass is 422 g/mol. The molecule has 6 rings (SSSR count). The van der Waals surface area contributed by atoms with Gasteiger partial charge >= 0.3 is 0 Å². The van der Waals surface area contributed by atoms with Gasteiger partial charge in [0.25, 0.3) is 0 Å². The number of H-pyrrole nitrogens is 1. The van der Waals surface area contributed by atoms with Gasteiger partial charge in [-0.1, -0.05) is 30.7 Å². The molecule has 32 heavy (non-hydrogen) atoms. The predicted octanol–water partition coefficient (Wildman–Crippen LogP) is 5.16. The minimum atomic E-state index is 0.884. The average Bonchev–Trinajstić information content (AvgIpc) is 3.42. The zero-order valence-electron chi connectivity index (χ0n) is 18.3. The van der Waals surface area contributed by atoms with Gasteiger partial charge in [-0.05, 0) is 55.3 Å². The lowest BCUT2D eigenvalue weighted by atomic mass is 10.0. The van der Waals surface area contributed by atoms with Crippen LogP contribution in [0.4, 0.5) is 0 Å². The number of hydrogen-bond donors (Lipinski definition) is 1. The number of aryl methyl sites for hydroxylation is 1. The van der Waals surface area contributed by atoms with Crippen molar-refractivity contribution in [3.63, 3.8) is 0 Å². The second-order valence-electron chi connectivity index (χ2n) is 8.73. The summed E-state index contributed by atoms with van der Waals surface area (Å²) in [7, 11) is 1.94. The van der Waals surface area contributed by atoms with Crippen molar-refractivity contribution >= 4 is 21.9 Å². The fourth-order valence-electron chi connectivity index (χ4n) is 4.78. The van der Waals surface area contributed by atoms with Gasteiger partial charge in [-0.2, -0.15) is 5.10 Å². The maximum absolute atomic E-state index is 4.71. The molecule has 1 aromatic carbocycles. The molecule has 6 heteroatoms. The van der Waals surface area contributed by atoms with Gasteiger partial charge in [0.15, 0.2) is 0 Å². The predicted molar refractivity (Wildman–Crippen MR) is 128 cm³/mol. The number of rotatable bonds is 4. The van der Waals surface area contributed by atoms with Gasteiger partial charge in [0.2, 0.25) is 0 Å². The molecule has 5 aromatic rings. The molecule has 0 unspecified atom stereocenters. The molecular weight excluding hydrogens is 396 g/mol. The van der Waals surface area contributed by atoms with E-state index in [0.29, 0.717) is 0 Å². The van der Waals surface area contributed by atoms with Gasteiger partial charge < -0.3 is 4.98 Å². The summed E-state index contributed by atoms with van der Waals surface area (Å²) in [5.74, 6) is 0. The van der Waals surface area contributed by atoms with E-state index in [1.807, 2.05) is 30.2 Å². The molecule has 0 atom stereocenters. The van der Waals surface area contributed by atoms with E-state index in [2.05, 4.69) is 56.4 Å². The number of aromatic amines is 1. The first-order valence-electron chi connectivity index (χ1n) is 11.3. The Kier molecular flexibility index (Phi) is 4.72. The van der Waals surface area contributed by atoms with Crippen LogP contribution in [0.3, 0.4) is 0 Å². The smallest absolute Gasteiger partial charge is 0.138 e. The molecule has 4 aromatic heterocycles. The van der Waals surface area contributed by atoms with Crippen LogP contribution in [0.15, 0.2) is 61.1 Å². The SMILES string of the molecule is Cn1nccc1-c1cc2c(cn1)[nH]c1ncc(-c3ccc(CN4CCCCC4)cc3)cc12. The Morgan fingerprint density at radius 2 is 1.72 bits per heavy atom. The number of pyridine rings is 2. The Morgan fingerprint density at radius 3 is 2.50 bits per heavy atom. The van der Waals surface area contributed by atoms with Crippen LogP contribution in [0.5, 0.6) is 0 Å². The molecule has 1 saturated heterocycles. The lowest BCUT2D eigenvalue weighted by Gasteiger charge is -2.26. The summed E-state index contributed by atoms with van der Waals surface area (Å²) < 4.78 is 1.85. The Hall–Kier alpha value is -3.51. The molecule has 160 valence electrons. The van der Waals surface area contributed by atoms with Gasteiger partial charge in [0.1, 0.15) is 5.65 Å². The van der Waals surface area contributed by atoms with Gasteiger partial charge in [0, 0.05) is 42.3 Å². The zero-order chi connectivity index (χ0) is 21.5. The van der Waals surface area contributed by atoms with E-state index in [-0.39, 0.29) is 0 Å². The van der Waals surface area contributed by atoms with Crippen LogP contribution in [0, 0.1) is 0 Å². The van der Waals surface area contributed by atoms with E-state index in [1.165, 1.54) is 43.5 Å². The van der Waals surface area contributed by atoms with Crippen molar-refractivity contribution < 1.29 is 0 Å². The topological polar surface area (TPSA) is 62.6 Å². The summed E-state index contributed by atoms with van der Waals surface area (Å²) in [6.45, 7) is 3.49. The van der Waals surface area contributed by atoms with E-state index in [4.69, 9.17) is 4.98 Å². The highest BCUT2D eigenvalue weighted by Crippen LogP contribution is 2.30. The van der Waals surface area contributed by atoms with Crippen molar-refractivity contribution in [1.29, 1.82) is 0 Å². The average molecular weight is 423 g/mol. The molecule has 6 nitrogen and oxygen atoms in total. The Balaban J connectivity index is 1.34. The normalized spacial score (nSPS) is 15.0. The lowest BCUT2D eigenvalue weighted by Crippen LogP contribution is -2.28. The van der Waals surface area contributed by atoms with Crippen molar-refractivity contribution in [2.75, 3.05) is 13.1 Å². The van der Waals surface area contributed by atoms with E-state index < -0.39 is 0 Å². The number of hydrogen-bond acceptors (Lipinski definition) is 4. The number of aromatic nitrogens is 5. The first-order chi connectivity index (χ1) is 15.7. The summed E-state index contributed by atoms with van der Waals surface area (Å²) in [4.78, 5) is 15.3. The minimum Gasteiger partial charge on any atom is -0.338 e. The third-order valence-corrected chi connectivity index (χ3v) is 6.56. The number of benzene rings is 1. The maximum atomic E-state index is 4.71. The Bertz CT molecular complexity index is 1390. The number of piperidine rings is 1. The van der Waals surface area contributed by atoms with Crippen molar-refractivity contribution in [3.8, 4) is 22.5 Å². The lowest BCUT2D eigenvalue weighted by molar-refractivity contribution is 0.221. The highest BCUT2D eigenvalue weighted by atomic mass is 15.3. The zero-order valence-corrected chi connectivity index (χ0v) is 18.3. The van der Waals surface area contributed by atoms with Crippen LogP contribution < -0.4 is 0 Å². The van der Waals surface area contributed by atoms with Crippen molar-refractivity contribution in [2.45, 2.75) is 25.8 Å². The fourth-order valence-corrected chi connectivity index (χ4v) is 4.78. The van der Waals surface area contributed by atoms with Crippen LogP contribution in [0.25, 0.3) is 44.5 Å². The molecule has 5 heterocycles. The largest absolute Gasteiger partial charge is 0.338 e. The molecule has 1 aliphatic heterocycles. The van der Waals surface area contributed by atoms with E-state index in [0.717, 1.165) is 45.4 Å². The van der Waals surface area contributed by atoms with E-state index in [9.17, 15) is 0 Å². The third kappa shape index (κ3) is 3.46. The minimum absolute atomic E-state index is 0.884. The third-order valence-electron chi connectivity index (χ3n) is 6.56. The molecule has 0 bridgehead atoms. The quantitative estimate of drug-likeness (QED) is 0.434. The van der Waals surface area contributed by atoms with Gasteiger partial charge in [-0.15, -0.1) is 0 Å². The van der Waals surface area contributed by atoms with Crippen molar-refractivity contribution in [1.82, 2.24) is 29.6 Å². The van der Waals surface area contributed by atoms with Crippen LogP contribution in [0.2, 0.25) is 0 Å². The molecule has 0 aliphatic carbocycles. The number of nitrogens with one attached hydrogen (secondary N) is 1. The van der Waals surface area contributed by atoms with E-state index in [1.54, 1.807) is 6.20 Å². The molecule has 0 radical (unpaired) electrons. The summed E-state index contributed by atoms with van der Waals surface area (Å²) in [5, 5.41) is 6.51.